The van der Waals surface area contributed by atoms with Gasteiger partial charge in [-0.05, 0) is 36.6 Å². The van der Waals surface area contributed by atoms with E-state index in [1.807, 2.05) is 12.1 Å². The molecule has 0 bridgehead atoms. The molecule has 0 unspecified atom stereocenters. The summed E-state index contributed by atoms with van der Waals surface area (Å²) in [5, 5.41) is 3.27. The Morgan fingerprint density at radius 1 is 1.44 bits per heavy atom. The first-order valence-corrected chi connectivity index (χ1v) is 6.39. The van der Waals surface area contributed by atoms with Gasteiger partial charge in [0.15, 0.2) is 0 Å². The highest BCUT2D eigenvalue weighted by Gasteiger charge is 2.23. The minimum atomic E-state index is -0.221. The van der Waals surface area contributed by atoms with Crippen LogP contribution in [-0.4, -0.2) is 30.6 Å². The van der Waals surface area contributed by atoms with Crippen LogP contribution in [0.15, 0.2) is 24.5 Å². The Kier molecular flexibility index (Phi) is 6.36. The standard InChI is InChI=1S/C14H22N2O2/c1-4-11(2)13(14(17)18-3)16-10-7-12-5-8-15-9-6-12/h5-6,8-9,11,13,16H,4,7,10H2,1-3H3/t11-,13+/m0/s1. The first-order chi connectivity index (χ1) is 8.69. The van der Waals surface area contributed by atoms with Crippen molar-refractivity contribution in [2.24, 2.45) is 5.92 Å². The third-order valence-electron chi connectivity index (χ3n) is 3.20. The van der Waals surface area contributed by atoms with E-state index in [9.17, 15) is 4.79 Å². The van der Waals surface area contributed by atoms with Crippen LogP contribution in [0.1, 0.15) is 25.8 Å². The second-order valence-electron chi connectivity index (χ2n) is 4.45. The summed E-state index contributed by atoms with van der Waals surface area (Å²) >= 11 is 0. The van der Waals surface area contributed by atoms with Crippen molar-refractivity contribution in [2.45, 2.75) is 32.7 Å². The van der Waals surface area contributed by atoms with E-state index >= 15 is 0 Å². The molecule has 2 atom stereocenters. The van der Waals surface area contributed by atoms with Crippen molar-refractivity contribution in [3.05, 3.63) is 30.1 Å². The minimum absolute atomic E-state index is 0.181. The fourth-order valence-corrected chi connectivity index (χ4v) is 1.80. The van der Waals surface area contributed by atoms with Gasteiger partial charge in [-0.25, -0.2) is 0 Å². The Morgan fingerprint density at radius 3 is 2.67 bits per heavy atom. The highest BCUT2D eigenvalue weighted by Crippen LogP contribution is 2.09. The van der Waals surface area contributed by atoms with E-state index in [0.717, 1.165) is 19.4 Å². The maximum atomic E-state index is 11.7. The molecule has 1 N–H and O–H groups in total. The van der Waals surface area contributed by atoms with Crippen LogP contribution in [0.2, 0.25) is 0 Å². The molecule has 0 saturated carbocycles. The Morgan fingerprint density at radius 2 is 2.11 bits per heavy atom. The zero-order chi connectivity index (χ0) is 13.4. The number of rotatable bonds is 7. The van der Waals surface area contributed by atoms with Crippen LogP contribution in [-0.2, 0) is 16.0 Å². The smallest absolute Gasteiger partial charge is 0.323 e. The van der Waals surface area contributed by atoms with E-state index < -0.39 is 0 Å². The summed E-state index contributed by atoms with van der Waals surface area (Å²) in [6.45, 7) is 4.89. The number of hydrogen-bond acceptors (Lipinski definition) is 4. The van der Waals surface area contributed by atoms with Gasteiger partial charge in [-0.2, -0.15) is 0 Å². The second kappa shape index (κ2) is 7.82. The number of pyridine rings is 1. The first-order valence-electron chi connectivity index (χ1n) is 6.39. The minimum Gasteiger partial charge on any atom is -0.468 e. The SMILES string of the molecule is CC[C@H](C)[C@@H](NCCc1ccncc1)C(=O)OC. The molecule has 0 aliphatic rings. The average Bonchev–Trinajstić information content (AvgIpc) is 2.43. The van der Waals surface area contributed by atoms with Crippen LogP contribution < -0.4 is 5.32 Å². The number of nitrogens with zero attached hydrogens (tertiary/aromatic N) is 1. The molecule has 1 heterocycles. The van der Waals surface area contributed by atoms with E-state index in [1.165, 1.54) is 12.7 Å². The van der Waals surface area contributed by atoms with Crippen LogP contribution in [0, 0.1) is 5.92 Å². The highest BCUT2D eigenvalue weighted by molar-refractivity contribution is 5.75. The lowest BCUT2D eigenvalue weighted by atomic mass is 9.99. The van der Waals surface area contributed by atoms with Gasteiger partial charge >= 0.3 is 5.97 Å². The largest absolute Gasteiger partial charge is 0.468 e. The predicted molar refractivity (Wildman–Crippen MR) is 71.2 cm³/mol. The molecule has 4 nitrogen and oxygen atoms in total. The number of carbonyl (C=O) groups excluding carboxylic acids is 1. The van der Waals surface area contributed by atoms with Crippen molar-refractivity contribution in [2.75, 3.05) is 13.7 Å². The Bertz CT molecular complexity index is 354. The number of aromatic nitrogens is 1. The number of carbonyl (C=O) groups is 1. The van der Waals surface area contributed by atoms with Gasteiger partial charge < -0.3 is 10.1 Å². The molecule has 1 aromatic rings. The topological polar surface area (TPSA) is 51.2 Å². The van der Waals surface area contributed by atoms with Gasteiger partial charge in [0.2, 0.25) is 0 Å². The molecule has 0 fully saturated rings. The molecule has 0 saturated heterocycles. The summed E-state index contributed by atoms with van der Waals surface area (Å²) in [6.07, 6.45) is 5.39. The summed E-state index contributed by atoms with van der Waals surface area (Å²) in [7, 11) is 1.43. The second-order valence-corrected chi connectivity index (χ2v) is 4.45. The number of ether oxygens (including phenoxy) is 1. The normalized spacial score (nSPS) is 13.9. The predicted octanol–water partition coefficient (Wildman–Crippen LogP) is 1.80. The van der Waals surface area contributed by atoms with Crippen LogP contribution in [0.5, 0.6) is 0 Å². The fraction of sp³-hybridized carbons (Fsp3) is 0.571. The zero-order valence-corrected chi connectivity index (χ0v) is 11.3. The Balaban J connectivity index is 2.45. The fourth-order valence-electron chi connectivity index (χ4n) is 1.80. The lowest BCUT2D eigenvalue weighted by molar-refractivity contribution is -0.144. The summed E-state index contributed by atoms with van der Waals surface area (Å²) in [6, 6.07) is 3.75. The maximum Gasteiger partial charge on any atom is 0.323 e. The van der Waals surface area contributed by atoms with Crippen LogP contribution in [0.3, 0.4) is 0 Å². The van der Waals surface area contributed by atoms with Gasteiger partial charge in [0.1, 0.15) is 6.04 Å². The summed E-state index contributed by atoms with van der Waals surface area (Å²) < 4.78 is 4.83. The van der Waals surface area contributed by atoms with Crippen molar-refractivity contribution in [3.8, 4) is 0 Å². The average molecular weight is 250 g/mol. The number of hydrogen-bond donors (Lipinski definition) is 1. The molecule has 1 rings (SSSR count). The van der Waals surface area contributed by atoms with Crippen molar-refractivity contribution in [1.82, 2.24) is 10.3 Å². The summed E-state index contributed by atoms with van der Waals surface area (Å²) in [4.78, 5) is 15.6. The van der Waals surface area contributed by atoms with Crippen LogP contribution in [0.4, 0.5) is 0 Å². The van der Waals surface area contributed by atoms with E-state index in [0.29, 0.717) is 0 Å². The van der Waals surface area contributed by atoms with Crippen molar-refractivity contribution in [1.29, 1.82) is 0 Å². The van der Waals surface area contributed by atoms with Gasteiger partial charge in [-0.15, -0.1) is 0 Å². The molecule has 0 spiro atoms. The van der Waals surface area contributed by atoms with Gasteiger partial charge in [0.25, 0.3) is 0 Å². The Labute approximate surface area is 109 Å². The molecule has 0 radical (unpaired) electrons. The quantitative estimate of drug-likeness (QED) is 0.750. The maximum absolute atomic E-state index is 11.7. The molecule has 0 aliphatic carbocycles. The Hall–Kier alpha value is -1.42. The molecule has 4 heteroatoms. The lowest BCUT2D eigenvalue weighted by Gasteiger charge is -2.21. The molecule has 0 amide bonds. The van der Waals surface area contributed by atoms with E-state index in [4.69, 9.17) is 4.74 Å². The third kappa shape index (κ3) is 4.45. The number of nitrogens with one attached hydrogen (secondary N) is 1. The lowest BCUT2D eigenvalue weighted by Crippen LogP contribution is -2.43. The molecule has 0 aliphatic heterocycles. The monoisotopic (exact) mass is 250 g/mol. The number of methoxy groups -OCH3 is 1. The third-order valence-corrected chi connectivity index (χ3v) is 3.20. The molecule has 0 aromatic carbocycles. The number of esters is 1. The molecule has 100 valence electrons. The van der Waals surface area contributed by atoms with Crippen LogP contribution in [0.25, 0.3) is 0 Å². The molecule has 18 heavy (non-hydrogen) atoms. The first kappa shape index (κ1) is 14.6. The van der Waals surface area contributed by atoms with Crippen molar-refractivity contribution in [3.63, 3.8) is 0 Å². The molecular formula is C14H22N2O2. The zero-order valence-electron chi connectivity index (χ0n) is 11.3. The summed E-state index contributed by atoms with van der Waals surface area (Å²) in [5.74, 6) is 0.0916. The van der Waals surface area contributed by atoms with Gasteiger partial charge in [-0.3, -0.25) is 9.78 Å². The van der Waals surface area contributed by atoms with E-state index in [2.05, 4.69) is 24.1 Å². The van der Waals surface area contributed by atoms with E-state index in [1.54, 1.807) is 12.4 Å². The van der Waals surface area contributed by atoms with Crippen LogP contribution >= 0.6 is 0 Å². The van der Waals surface area contributed by atoms with E-state index in [-0.39, 0.29) is 17.9 Å². The molecular weight excluding hydrogens is 228 g/mol. The van der Waals surface area contributed by atoms with Crippen molar-refractivity contribution < 1.29 is 9.53 Å². The highest BCUT2D eigenvalue weighted by atomic mass is 16.5. The van der Waals surface area contributed by atoms with Gasteiger partial charge in [0.05, 0.1) is 7.11 Å². The van der Waals surface area contributed by atoms with Crippen molar-refractivity contribution >= 4 is 5.97 Å². The van der Waals surface area contributed by atoms with Gasteiger partial charge in [0, 0.05) is 12.4 Å². The van der Waals surface area contributed by atoms with Gasteiger partial charge in [-0.1, -0.05) is 20.3 Å². The summed E-state index contributed by atoms with van der Waals surface area (Å²) in [5.41, 5.74) is 1.21. The molecule has 1 aromatic heterocycles.